The van der Waals surface area contributed by atoms with Crippen LogP contribution in [0.5, 0.6) is 5.75 Å². The molecule has 0 spiro atoms. The van der Waals surface area contributed by atoms with Gasteiger partial charge >= 0.3 is 0 Å². The third-order valence-electron chi connectivity index (χ3n) is 4.74. The van der Waals surface area contributed by atoms with E-state index in [0.717, 1.165) is 43.6 Å². The maximum atomic E-state index is 12.9. The molecule has 132 valence electrons. The van der Waals surface area contributed by atoms with Gasteiger partial charge in [-0.3, -0.25) is 4.79 Å². The van der Waals surface area contributed by atoms with Crippen molar-refractivity contribution in [1.29, 1.82) is 0 Å². The van der Waals surface area contributed by atoms with Gasteiger partial charge in [-0.25, -0.2) is 0 Å². The van der Waals surface area contributed by atoms with E-state index in [2.05, 4.69) is 16.8 Å². The molecule has 1 unspecified atom stereocenters. The summed E-state index contributed by atoms with van der Waals surface area (Å²) in [6.45, 7) is 2.12. The van der Waals surface area contributed by atoms with Gasteiger partial charge in [0.2, 0.25) is 0 Å². The van der Waals surface area contributed by atoms with Crippen molar-refractivity contribution in [2.45, 2.75) is 44.4 Å². The molecule has 2 aliphatic rings. The highest BCUT2D eigenvalue weighted by atomic mass is 32.1. The minimum Gasteiger partial charge on any atom is -0.491 e. The zero-order chi connectivity index (χ0) is 17.1. The van der Waals surface area contributed by atoms with Crippen LogP contribution in [-0.2, 0) is 11.3 Å². The lowest BCUT2D eigenvalue weighted by atomic mass is 10.1. The van der Waals surface area contributed by atoms with E-state index in [9.17, 15) is 4.79 Å². The molecule has 2 heterocycles. The minimum absolute atomic E-state index is 0.111. The molecule has 5 heteroatoms. The Labute approximate surface area is 152 Å². The van der Waals surface area contributed by atoms with Crippen LogP contribution in [-0.4, -0.2) is 36.2 Å². The van der Waals surface area contributed by atoms with E-state index >= 15 is 0 Å². The summed E-state index contributed by atoms with van der Waals surface area (Å²) in [5, 5.41) is 4.18. The largest absolute Gasteiger partial charge is 0.491 e. The molecule has 1 aromatic carbocycles. The normalized spacial score (nSPS) is 19.8. The van der Waals surface area contributed by atoms with Crippen molar-refractivity contribution in [1.82, 2.24) is 4.90 Å². The molecule has 4 nitrogen and oxygen atoms in total. The third-order valence-corrected chi connectivity index (χ3v) is 5.47. The minimum atomic E-state index is 0.111. The number of ether oxygens (including phenoxy) is 2. The molecule has 1 aliphatic carbocycles. The summed E-state index contributed by atoms with van der Waals surface area (Å²) in [6, 6.07) is 10.0. The second-order valence-corrected chi connectivity index (χ2v) is 7.55. The van der Waals surface area contributed by atoms with Crippen molar-refractivity contribution in [3.8, 4) is 5.75 Å². The molecule has 1 atom stereocenters. The number of carbonyl (C=O) groups is 1. The van der Waals surface area contributed by atoms with Crippen molar-refractivity contribution in [2.24, 2.45) is 0 Å². The molecule has 0 N–H and O–H groups in total. The zero-order valence-corrected chi connectivity index (χ0v) is 15.0. The van der Waals surface area contributed by atoms with Crippen LogP contribution in [0.1, 0.15) is 41.6 Å². The SMILES string of the molecule is O=C(c1ccc(OCC2CCCO2)cc1)N(Cc1ccsc1)C1CC1. The molecule has 4 rings (SSSR count). The van der Waals surface area contributed by atoms with Crippen molar-refractivity contribution in [3.63, 3.8) is 0 Å². The van der Waals surface area contributed by atoms with Gasteiger partial charge in [-0.15, -0.1) is 0 Å². The van der Waals surface area contributed by atoms with Gasteiger partial charge in [0.1, 0.15) is 12.4 Å². The molecule has 0 radical (unpaired) electrons. The number of nitrogens with zero attached hydrogens (tertiary/aromatic N) is 1. The van der Waals surface area contributed by atoms with Crippen LogP contribution in [0.3, 0.4) is 0 Å². The van der Waals surface area contributed by atoms with Gasteiger partial charge < -0.3 is 14.4 Å². The number of benzene rings is 1. The van der Waals surface area contributed by atoms with E-state index in [1.807, 2.05) is 29.2 Å². The zero-order valence-electron chi connectivity index (χ0n) is 14.2. The summed E-state index contributed by atoms with van der Waals surface area (Å²) in [4.78, 5) is 14.9. The Morgan fingerprint density at radius 1 is 1.20 bits per heavy atom. The molecule has 1 saturated carbocycles. The van der Waals surface area contributed by atoms with Crippen molar-refractivity contribution in [3.05, 3.63) is 52.2 Å². The molecule has 0 bridgehead atoms. The summed E-state index contributed by atoms with van der Waals surface area (Å²) in [7, 11) is 0. The first kappa shape index (κ1) is 16.6. The van der Waals surface area contributed by atoms with Crippen LogP contribution in [0.25, 0.3) is 0 Å². The third kappa shape index (κ3) is 4.22. The van der Waals surface area contributed by atoms with Crippen LogP contribution in [0.15, 0.2) is 41.1 Å². The van der Waals surface area contributed by atoms with Gasteiger partial charge in [-0.1, -0.05) is 0 Å². The van der Waals surface area contributed by atoms with E-state index < -0.39 is 0 Å². The summed E-state index contributed by atoms with van der Waals surface area (Å²) in [5.74, 6) is 0.905. The predicted octanol–water partition coefficient (Wildman–Crippen LogP) is 4.11. The van der Waals surface area contributed by atoms with E-state index in [0.29, 0.717) is 19.2 Å². The topological polar surface area (TPSA) is 38.8 Å². The highest BCUT2D eigenvalue weighted by Gasteiger charge is 2.33. The lowest BCUT2D eigenvalue weighted by Crippen LogP contribution is -2.32. The molecule has 1 aromatic heterocycles. The molecule has 2 fully saturated rings. The van der Waals surface area contributed by atoms with Crippen LogP contribution in [0.4, 0.5) is 0 Å². The molecule has 25 heavy (non-hydrogen) atoms. The first-order valence-corrected chi connectivity index (χ1v) is 9.90. The van der Waals surface area contributed by atoms with Crippen molar-refractivity contribution in [2.75, 3.05) is 13.2 Å². The van der Waals surface area contributed by atoms with Crippen molar-refractivity contribution >= 4 is 17.2 Å². The van der Waals surface area contributed by atoms with Gasteiger partial charge in [0.15, 0.2) is 0 Å². The first-order chi connectivity index (χ1) is 12.3. The number of thiophene rings is 1. The van der Waals surface area contributed by atoms with E-state index in [1.165, 1.54) is 5.56 Å². The Morgan fingerprint density at radius 2 is 2.04 bits per heavy atom. The highest BCUT2D eigenvalue weighted by molar-refractivity contribution is 7.07. The Bertz CT molecular complexity index is 688. The summed E-state index contributed by atoms with van der Waals surface area (Å²) >= 11 is 1.67. The first-order valence-electron chi connectivity index (χ1n) is 8.96. The van der Waals surface area contributed by atoms with Crippen LogP contribution >= 0.6 is 11.3 Å². The Kier molecular flexibility index (Phi) is 5.04. The monoisotopic (exact) mass is 357 g/mol. The Balaban J connectivity index is 1.38. The van der Waals surface area contributed by atoms with Crippen molar-refractivity contribution < 1.29 is 14.3 Å². The van der Waals surface area contributed by atoms with Crippen LogP contribution in [0, 0.1) is 0 Å². The second kappa shape index (κ2) is 7.58. The number of rotatable bonds is 7. The molecule has 2 aromatic rings. The van der Waals surface area contributed by atoms with Gasteiger partial charge in [0.05, 0.1) is 6.10 Å². The quantitative estimate of drug-likeness (QED) is 0.748. The molecule has 1 saturated heterocycles. The predicted molar refractivity (Wildman–Crippen MR) is 98.1 cm³/mol. The van der Waals surface area contributed by atoms with Crippen LogP contribution < -0.4 is 4.74 Å². The molecule has 1 aliphatic heterocycles. The fraction of sp³-hybridized carbons (Fsp3) is 0.450. The van der Waals surface area contributed by atoms with Gasteiger partial charge in [-0.2, -0.15) is 11.3 Å². The molecular formula is C20H23NO3S. The Hall–Kier alpha value is -1.85. The standard InChI is InChI=1S/C20H23NO3S/c22-20(21(17-5-6-17)12-15-9-11-25-14-15)16-3-7-18(8-4-16)24-13-19-2-1-10-23-19/h3-4,7-9,11,14,17,19H,1-2,5-6,10,12-13H2. The highest BCUT2D eigenvalue weighted by Crippen LogP contribution is 2.30. The average molecular weight is 357 g/mol. The second-order valence-electron chi connectivity index (χ2n) is 6.77. The van der Waals surface area contributed by atoms with Gasteiger partial charge in [-0.05, 0) is 72.3 Å². The smallest absolute Gasteiger partial charge is 0.254 e. The van der Waals surface area contributed by atoms with Gasteiger partial charge in [0.25, 0.3) is 5.91 Å². The van der Waals surface area contributed by atoms with Gasteiger partial charge in [0, 0.05) is 24.8 Å². The number of carbonyl (C=O) groups excluding carboxylic acids is 1. The van der Waals surface area contributed by atoms with E-state index in [4.69, 9.17) is 9.47 Å². The molecule has 1 amide bonds. The summed E-state index contributed by atoms with van der Waals surface area (Å²) in [6.07, 6.45) is 4.60. The molecular weight excluding hydrogens is 334 g/mol. The Morgan fingerprint density at radius 3 is 2.68 bits per heavy atom. The maximum Gasteiger partial charge on any atom is 0.254 e. The maximum absolute atomic E-state index is 12.9. The van der Waals surface area contributed by atoms with E-state index in [-0.39, 0.29) is 12.0 Å². The van der Waals surface area contributed by atoms with E-state index in [1.54, 1.807) is 11.3 Å². The fourth-order valence-electron chi connectivity index (χ4n) is 3.16. The summed E-state index contributed by atoms with van der Waals surface area (Å²) in [5.41, 5.74) is 1.94. The fourth-order valence-corrected chi connectivity index (χ4v) is 3.82. The lowest BCUT2D eigenvalue weighted by Gasteiger charge is -2.22. The number of hydrogen-bond acceptors (Lipinski definition) is 4. The average Bonchev–Trinajstić information content (AvgIpc) is 3.12. The summed E-state index contributed by atoms with van der Waals surface area (Å²) < 4.78 is 11.3. The number of hydrogen-bond donors (Lipinski definition) is 0. The number of amides is 1. The van der Waals surface area contributed by atoms with Crippen LogP contribution in [0.2, 0.25) is 0 Å². The lowest BCUT2D eigenvalue weighted by molar-refractivity contribution is 0.0678.